The van der Waals surface area contributed by atoms with Gasteiger partial charge < -0.3 is 15.7 Å². The third-order valence-corrected chi connectivity index (χ3v) is 4.42. The molecule has 0 unspecified atom stereocenters. The first-order valence-electron chi connectivity index (χ1n) is 6.52. The molecule has 1 fully saturated rings. The van der Waals surface area contributed by atoms with E-state index in [9.17, 15) is 9.59 Å². The van der Waals surface area contributed by atoms with Crippen molar-refractivity contribution in [3.8, 4) is 0 Å². The van der Waals surface area contributed by atoms with Crippen molar-refractivity contribution in [2.24, 2.45) is 5.92 Å². The molecular weight excluding hydrogens is 324 g/mol. The topological polar surface area (TPSA) is 78.4 Å². The molecule has 1 saturated carbocycles. The lowest BCUT2D eigenvalue weighted by molar-refractivity contribution is -0.141. The van der Waals surface area contributed by atoms with Crippen molar-refractivity contribution >= 4 is 33.6 Å². The summed E-state index contributed by atoms with van der Waals surface area (Å²) in [7, 11) is 0. The fourth-order valence-corrected chi connectivity index (χ4v) is 2.66. The smallest absolute Gasteiger partial charge is 0.319 e. The van der Waals surface area contributed by atoms with Gasteiger partial charge in [0, 0.05) is 16.2 Å². The fraction of sp³-hybridized carbons (Fsp3) is 0.429. The third kappa shape index (κ3) is 3.72. The normalized spacial score (nSPS) is 21.5. The van der Waals surface area contributed by atoms with Crippen molar-refractivity contribution in [1.82, 2.24) is 5.32 Å². The number of anilines is 1. The number of nitrogens with one attached hydrogen (secondary N) is 2. The van der Waals surface area contributed by atoms with Gasteiger partial charge in [-0.2, -0.15) is 0 Å². The molecule has 2 rings (SSSR count). The lowest BCUT2D eigenvalue weighted by atomic mass is 10.1. The highest BCUT2D eigenvalue weighted by Gasteiger charge is 2.30. The van der Waals surface area contributed by atoms with Crippen LogP contribution in [0.2, 0.25) is 0 Å². The number of halogens is 1. The van der Waals surface area contributed by atoms with Gasteiger partial charge in [0.25, 0.3) is 0 Å². The Morgan fingerprint density at radius 3 is 2.70 bits per heavy atom. The average molecular weight is 341 g/mol. The second-order valence-corrected chi connectivity index (χ2v) is 5.96. The molecule has 0 heterocycles. The zero-order chi connectivity index (χ0) is 14.7. The van der Waals surface area contributed by atoms with Crippen LogP contribution in [0.15, 0.2) is 22.7 Å². The van der Waals surface area contributed by atoms with E-state index in [1.807, 2.05) is 25.1 Å². The number of carbonyl (C=O) groups is 2. The Bertz CT molecular complexity index is 533. The molecule has 0 aromatic heterocycles. The number of carboxylic acid groups (broad SMARTS) is 1. The van der Waals surface area contributed by atoms with Gasteiger partial charge in [-0.15, -0.1) is 0 Å². The molecule has 1 aromatic rings. The van der Waals surface area contributed by atoms with E-state index in [1.165, 1.54) is 0 Å². The molecule has 5 nitrogen and oxygen atoms in total. The third-order valence-electron chi connectivity index (χ3n) is 3.53. The van der Waals surface area contributed by atoms with Crippen molar-refractivity contribution in [3.05, 3.63) is 28.2 Å². The van der Waals surface area contributed by atoms with Gasteiger partial charge in [0.15, 0.2) is 0 Å². The maximum absolute atomic E-state index is 11.9. The summed E-state index contributed by atoms with van der Waals surface area (Å²) in [5.74, 6) is -1.12. The van der Waals surface area contributed by atoms with Crippen molar-refractivity contribution in [3.63, 3.8) is 0 Å². The molecule has 2 amide bonds. The molecule has 1 aromatic carbocycles. The van der Waals surface area contributed by atoms with E-state index in [-0.39, 0.29) is 18.0 Å². The largest absolute Gasteiger partial charge is 0.481 e. The Balaban J connectivity index is 1.87. The molecule has 108 valence electrons. The first kappa shape index (κ1) is 14.8. The van der Waals surface area contributed by atoms with Crippen LogP contribution in [0.25, 0.3) is 0 Å². The minimum Gasteiger partial charge on any atom is -0.481 e. The summed E-state index contributed by atoms with van der Waals surface area (Å²) in [4.78, 5) is 22.7. The number of carboxylic acids is 1. The molecule has 0 saturated heterocycles. The summed E-state index contributed by atoms with van der Waals surface area (Å²) in [5.41, 5.74) is 1.76. The first-order valence-corrected chi connectivity index (χ1v) is 7.31. The van der Waals surface area contributed by atoms with E-state index in [2.05, 4.69) is 26.6 Å². The maximum atomic E-state index is 11.9. The van der Waals surface area contributed by atoms with Crippen LogP contribution in [0.5, 0.6) is 0 Å². The van der Waals surface area contributed by atoms with E-state index in [1.54, 1.807) is 0 Å². The Hall–Kier alpha value is -1.56. The van der Waals surface area contributed by atoms with Crippen molar-refractivity contribution in [1.29, 1.82) is 0 Å². The Morgan fingerprint density at radius 2 is 2.10 bits per heavy atom. The Morgan fingerprint density at radius 1 is 1.35 bits per heavy atom. The van der Waals surface area contributed by atoms with E-state index < -0.39 is 5.97 Å². The fourth-order valence-electron chi connectivity index (χ4n) is 2.41. The quantitative estimate of drug-likeness (QED) is 0.790. The first-order chi connectivity index (χ1) is 9.45. The highest BCUT2D eigenvalue weighted by atomic mass is 79.9. The van der Waals surface area contributed by atoms with Crippen molar-refractivity contribution in [2.75, 3.05) is 5.32 Å². The van der Waals surface area contributed by atoms with Gasteiger partial charge in [-0.25, -0.2) is 4.79 Å². The van der Waals surface area contributed by atoms with E-state index in [4.69, 9.17) is 5.11 Å². The van der Waals surface area contributed by atoms with Gasteiger partial charge in [0.2, 0.25) is 0 Å². The standard InChI is InChI=1S/C14H17BrN2O3/c1-8-6-10(4-5-12(8)15)16-14(20)17-11-3-2-9(7-11)13(18)19/h4-6,9,11H,2-3,7H2,1H3,(H,18,19)(H2,16,17,20)/t9-,11+/m1/s1. The van der Waals surface area contributed by atoms with Crippen LogP contribution in [0.3, 0.4) is 0 Å². The molecular formula is C14H17BrN2O3. The molecule has 6 heteroatoms. The Labute approximate surface area is 125 Å². The number of hydrogen-bond donors (Lipinski definition) is 3. The maximum Gasteiger partial charge on any atom is 0.319 e. The molecule has 0 aliphatic heterocycles. The molecule has 1 aliphatic rings. The number of amides is 2. The molecule has 1 aliphatic carbocycles. The lowest BCUT2D eigenvalue weighted by Gasteiger charge is -2.14. The van der Waals surface area contributed by atoms with Crippen LogP contribution < -0.4 is 10.6 Å². The summed E-state index contributed by atoms with van der Waals surface area (Å²) >= 11 is 3.40. The summed E-state index contributed by atoms with van der Waals surface area (Å²) in [6.45, 7) is 1.95. The number of carbonyl (C=O) groups excluding carboxylic acids is 1. The predicted octanol–water partition coefficient (Wildman–Crippen LogP) is 3.13. The molecule has 0 spiro atoms. The molecule has 0 radical (unpaired) electrons. The number of hydrogen-bond acceptors (Lipinski definition) is 2. The van der Waals surface area contributed by atoms with E-state index >= 15 is 0 Å². The summed E-state index contributed by atoms with van der Waals surface area (Å²) in [5, 5.41) is 14.5. The summed E-state index contributed by atoms with van der Waals surface area (Å²) in [6, 6.07) is 5.21. The van der Waals surface area contributed by atoms with E-state index in [0.717, 1.165) is 15.7 Å². The second kappa shape index (κ2) is 6.26. The predicted molar refractivity (Wildman–Crippen MR) is 79.8 cm³/mol. The monoisotopic (exact) mass is 340 g/mol. The number of rotatable bonds is 3. The van der Waals surface area contributed by atoms with Gasteiger partial charge in [-0.3, -0.25) is 4.79 Å². The van der Waals surface area contributed by atoms with Crippen LogP contribution in [0.1, 0.15) is 24.8 Å². The summed E-state index contributed by atoms with van der Waals surface area (Å²) in [6.07, 6.45) is 1.84. The molecule has 0 bridgehead atoms. The van der Waals surface area contributed by atoms with Gasteiger partial charge in [0.1, 0.15) is 0 Å². The molecule has 20 heavy (non-hydrogen) atoms. The van der Waals surface area contributed by atoms with Crippen LogP contribution in [0, 0.1) is 12.8 Å². The van der Waals surface area contributed by atoms with Crippen LogP contribution in [0.4, 0.5) is 10.5 Å². The van der Waals surface area contributed by atoms with Gasteiger partial charge in [-0.1, -0.05) is 15.9 Å². The highest BCUT2D eigenvalue weighted by molar-refractivity contribution is 9.10. The minimum absolute atomic E-state index is 0.0624. The number of aryl methyl sites for hydroxylation is 1. The van der Waals surface area contributed by atoms with Crippen LogP contribution in [-0.2, 0) is 4.79 Å². The van der Waals surface area contributed by atoms with Gasteiger partial charge in [0.05, 0.1) is 5.92 Å². The zero-order valence-corrected chi connectivity index (χ0v) is 12.7. The number of aliphatic carboxylic acids is 1. The van der Waals surface area contributed by atoms with Gasteiger partial charge >= 0.3 is 12.0 Å². The Kier molecular flexibility index (Phi) is 4.65. The second-order valence-electron chi connectivity index (χ2n) is 5.11. The zero-order valence-electron chi connectivity index (χ0n) is 11.1. The molecule has 2 atom stereocenters. The lowest BCUT2D eigenvalue weighted by Crippen LogP contribution is -2.36. The van der Waals surface area contributed by atoms with E-state index in [0.29, 0.717) is 19.3 Å². The van der Waals surface area contributed by atoms with Crippen molar-refractivity contribution in [2.45, 2.75) is 32.2 Å². The highest BCUT2D eigenvalue weighted by Crippen LogP contribution is 2.26. The van der Waals surface area contributed by atoms with Crippen molar-refractivity contribution < 1.29 is 14.7 Å². The van der Waals surface area contributed by atoms with Gasteiger partial charge in [-0.05, 0) is 49.9 Å². The number of benzene rings is 1. The summed E-state index contributed by atoms with van der Waals surface area (Å²) < 4.78 is 0.989. The van der Waals surface area contributed by atoms with Crippen LogP contribution in [-0.4, -0.2) is 23.1 Å². The molecule has 3 N–H and O–H groups in total. The average Bonchev–Trinajstić information content (AvgIpc) is 2.82. The minimum atomic E-state index is -0.779. The number of urea groups is 1. The van der Waals surface area contributed by atoms with Crippen LogP contribution >= 0.6 is 15.9 Å². The SMILES string of the molecule is Cc1cc(NC(=O)N[C@H]2CC[C@@H](C(=O)O)C2)ccc1Br.